The minimum atomic E-state index is -3.61. The van der Waals surface area contributed by atoms with Crippen molar-refractivity contribution in [2.45, 2.75) is 5.75 Å². The van der Waals surface area contributed by atoms with E-state index in [2.05, 4.69) is 5.32 Å². The van der Waals surface area contributed by atoms with Gasteiger partial charge in [0.05, 0.1) is 17.4 Å². The maximum atomic E-state index is 12.2. The number of benzene rings is 3. The predicted octanol–water partition coefficient (Wildman–Crippen LogP) is 3.26. The van der Waals surface area contributed by atoms with E-state index in [1.165, 1.54) is 0 Å². The van der Waals surface area contributed by atoms with Crippen LogP contribution in [0, 0.1) is 11.3 Å². The van der Waals surface area contributed by atoms with Gasteiger partial charge in [0.1, 0.15) is 5.75 Å². The molecule has 6 heteroatoms. The molecule has 0 atom stereocenters. The van der Waals surface area contributed by atoms with Gasteiger partial charge in [-0.3, -0.25) is 4.79 Å². The second-order valence-electron chi connectivity index (χ2n) is 5.95. The van der Waals surface area contributed by atoms with Gasteiger partial charge in [0.25, 0.3) is 0 Å². The molecule has 0 heterocycles. The minimum absolute atomic E-state index is 0.246. The normalized spacial score (nSPS) is 11.0. The molecule has 0 radical (unpaired) electrons. The molecule has 3 aromatic rings. The molecule has 0 aliphatic carbocycles. The van der Waals surface area contributed by atoms with Crippen LogP contribution in [-0.4, -0.2) is 20.1 Å². The van der Waals surface area contributed by atoms with Crippen LogP contribution >= 0.6 is 0 Å². The molecule has 0 fully saturated rings. The first-order valence-electron chi connectivity index (χ1n) is 7.93. The van der Waals surface area contributed by atoms with Gasteiger partial charge in [-0.15, -0.1) is 0 Å². The van der Waals surface area contributed by atoms with Crippen molar-refractivity contribution < 1.29 is 13.2 Å². The van der Waals surface area contributed by atoms with Crippen molar-refractivity contribution in [1.82, 2.24) is 0 Å². The Kier molecular flexibility index (Phi) is 5.01. The van der Waals surface area contributed by atoms with E-state index in [1.54, 1.807) is 36.4 Å². The Morgan fingerprint density at radius 3 is 2.35 bits per heavy atom. The van der Waals surface area contributed by atoms with Crippen molar-refractivity contribution in [3.63, 3.8) is 0 Å². The monoisotopic (exact) mass is 364 g/mol. The lowest BCUT2D eigenvalue weighted by atomic mass is 10.1. The fraction of sp³-hybridized carbons (Fsp3) is 0.100. The van der Waals surface area contributed by atoms with Gasteiger partial charge in [0.15, 0.2) is 9.84 Å². The summed E-state index contributed by atoms with van der Waals surface area (Å²) >= 11 is 0. The van der Waals surface area contributed by atoms with Crippen molar-refractivity contribution in [2.24, 2.45) is 0 Å². The van der Waals surface area contributed by atoms with E-state index >= 15 is 0 Å². The Hall–Kier alpha value is -3.17. The molecule has 130 valence electrons. The van der Waals surface area contributed by atoms with Gasteiger partial charge < -0.3 is 5.32 Å². The molecule has 0 aromatic heterocycles. The Morgan fingerprint density at radius 2 is 1.65 bits per heavy atom. The molecule has 3 aromatic carbocycles. The number of hydrogen-bond acceptors (Lipinski definition) is 4. The number of rotatable bonds is 5. The minimum Gasteiger partial charge on any atom is -0.325 e. The fourth-order valence-corrected chi connectivity index (χ4v) is 3.92. The van der Waals surface area contributed by atoms with E-state index in [1.807, 2.05) is 36.4 Å². The summed E-state index contributed by atoms with van der Waals surface area (Å²) in [7, 11) is -3.61. The number of sulfone groups is 1. The van der Waals surface area contributed by atoms with E-state index < -0.39 is 21.5 Å². The van der Waals surface area contributed by atoms with Crippen molar-refractivity contribution in [3.05, 3.63) is 77.9 Å². The van der Waals surface area contributed by atoms with E-state index in [0.717, 1.165) is 10.8 Å². The third kappa shape index (κ3) is 4.47. The first-order chi connectivity index (χ1) is 12.4. The van der Waals surface area contributed by atoms with E-state index in [9.17, 15) is 13.2 Å². The smallest absolute Gasteiger partial charge is 0.239 e. The summed E-state index contributed by atoms with van der Waals surface area (Å²) in [5.74, 6) is -1.42. The van der Waals surface area contributed by atoms with Crippen molar-refractivity contribution >= 4 is 32.2 Å². The average Bonchev–Trinajstić information content (AvgIpc) is 2.61. The number of carbonyl (C=O) groups is 1. The molecule has 3 rings (SSSR count). The summed E-state index contributed by atoms with van der Waals surface area (Å²) in [6.07, 6.45) is 0. The van der Waals surface area contributed by atoms with Gasteiger partial charge in [-0.25, -0.2) is 8.42 Å². The number of hydrogen-bond donors (Lipinski definition) is 1. The molecule has 0 bridgehead atoms. The molecule has 0 aliphatic heterocycles. The molecule has 0 saturated heterocycles. The largest absolute Gasteiger partial charge is 0.325 e. The Morgan fingerprint density at radius 1 is 0.962 bits per heavy atom. The quantitative estimate of drug-likeness (QED) is 0.753. The Bertz CT molecular complexity index is 1100. The van der Waals surface area contributed by atoms with Crippen molar-refractivity contribution in [3.8, 4) is 6.07 Å². The summed E-state index contributed by atoms with van der Waals surface area (Å²) in [6.45, 7) is 0. The molecule has 0 unspecified atom stereocenters. The van der Waals surface area contributed by atoms with Crippen LogP contribution in [0.4, 0.5) is 5.69 Å². The Balaban J connectivity index is 1.66. The highest BCUT2D eigenvalue weighted by atomic mass is 32.2. The third-order valence-corrected chi connectivity index (χ3v) is 5.33. The number of carbonyl (C=O) groups excluding carboxylic acids is 1. The average molecular weight is 364 g/mol. The van der Waals surface area contributed by atoms with Crippen LogP contribution in [0.25, 0.3) is 10.8 Å². The van der Waals surface area contributed by atoms with E-state index in [4.69, 9.17) is 5.26 Å². The summed E-state index contributed by atoms with van der Waals surface area (Å²) in [4.78, 5) is 12.1. The van der Waals surface area contributed by atoms with Crippen LogP contribution in [-0.2, 0) is 20.4 Å². The standard InChI is InChI=1S/C20H16N2O3S/c21-12-15-5-7-16(8-6-15)13-26(24,25)14-20(23)22-19-10-9-17-3-1-2-4-18(17)11-19/h1-11H,13-14H2,(H,22,23). The first kappa shape index (κ1) is 17.6. The van der Waals surface area contributed by atoms with E-state index in [0.29, 0.717) is 16.8 Å². The maximum absolute atomic E-state index is 12.2. The fourth-order valence-electron chi connectivity index (χ4n) is 2.64. The third-order valence-electron chi connectivity index (χ3n) is 3.85. The summed E-state index contributed by atoms with van der Waals surface area (Å²) < 4.78 is 24.5. The predicted molar refractivity (Wildman–Crippen MR) is 101 cm³/mol. The number of nitrogens with zero attached hydrogens (tertiary/aromatic N) is 1. The van der Waals surface area contributed by atoms with Gasteiger partial charge in [0.2, 0.25) is 5.91 Å². The molecule has 1 N–H and O–H groups in total. The van der Waals surface area contributed by atoms with Gasteiger partial charge in [-0.2, -0.15) is 5.26 Å². The van der Waals surface area contributed by atoms with Crippen LogP contribution in [0.5, 0.6) is 0 Å². The first-order valence-corrected chi connectivity index (χ1v) is 9.75. The van der Waals surface area contributed by atoms with Crippen LogP contribution in [0.1, 0.15) is 11.1 Å². The zero-order valence-corrected chi connectivity index (χ0v) is 14.7. The second kappa shape index (κ2) is 7.38. The zero-order valence-electron chi connectivity index (χ0n) is 13.8. The van der Waals surface area contributed by atoms with E-state index in [-0.39, 0.29) is 5.75 Å². The lowest BCUT2D eigenvalue weighted by Gasteiger charge is -2.08. The SMILES string of the molecule is N#Cc1ccc(CS(=O)(=O)CC(=O)Nc2ccc3ccccc3c2)cc1. The maximum Gasteiger partial charge on any atom is 0.239 e. The van der Waals surface area contributed by atoms with Gasteiger partial charge in [-0.05, 0) is 40.6 Å². The molecular weight excluding hydrogens is 348 g/mol. The Labute approximate surface area is 151 Å². The number of anilines is 1. The molecule has 1 amide bonds. The van der Waals surface area contributed by atoms with Crippen LogP contribution in [0.3, 0.4) is 0 Å². The van der Waals surface area contributed by atoms with Crippen LogP contribution in [0.15, 0.2) is 66.7 Å². The van der Waals surface area contributed by atoms with Gasteiger partial charge in [0, 0.05) is 5.69 Å². The summed E-state index contributed by atoms with van der Waals surface area (Å²) in [6, 6.07) is 21.4. The molecule has 0 saturated carbocycles. The highest BCUT2D eigenvalue weighted by Gasteiger charge is 2.17. The van der Waals surface area contributed by atoms with Crippen LogP contribution < -0.4 is 5.32 Å². The van der Waals surface area contributed by atoms with Gasteiger partial charge in [-0.1, -0.05) is 42.5 Å². The van der Waals surface area contributed by atoms with Crippen molar-refractivity contribution in [1.29, 1.82) is 5.26 Å². The van der Waals surface area contributed by atoms with Crippen molar-refractivity contribution in [2.75, 3.05) is 11.1 Å². The van der Waals surface area contributed by atoms with Gasteiger partial charge >= 0.3 is 0 Å². The lowest BCUT2D eigenvalue weighted by molar-refractivity contribution is -0.113. The molecule has 0 spiro atoms. The highest BCUT2D eigenvalue weighted by molar-refractivity contribution is 7.91. The topological polar surface area (TPSA) is 87.0 Å². The lowest BCUT2D eigenvalue weighted by Crippen LogP contribution is -2.23. The number of nitriles is 1. The van der Waals surface area contributed by atoms with Crippen LogP contribution in [0.2, 0.25) is 0 Å². The number of amides is 1. The summed E-state index contributed by atoms with van der Waals surface area (Å²) in [5.41, 5.74) is 1.56. The molecule has 5 nitrogen and oxygen atoms in total. The molecular formula is C20H16N2O3S. The number of fused-ring (bicyclic) bond motifs is 1. The zero-order chi connectivity index (χ0) is 18.6. The summed E-state index contributed by atoms with van der Waals surface area (Å²) in [5, 5.41) is 13.4. The molecule has 26 heavy (non-hydrogen) atoms. The molecule has 0 aliphatic rings. The highest BCUT2D eigenvalue weighted by Crippen LogP contribution is 2.19. The number of nitrogens with one attached hydrogen (secondary N) is 1. The second-order valence-corrected chi connectivity index (χ2v) is 8.02.